The maximum absolute atomic E-state index is 9.68. The molecule has 0 aromatic heterocycles. The minimum Gasteiger partial charge on any atom is -0.396 e. The summed E-state index contributed by atoms with van der Waals surface area (Å²) in [5.74, 6) is 0.794. The topological polar surface area (TPSA) is 59.9 Å². The largest absolute Gasteiger partial charge is 0.396 e. The number of aliphatic hydroxyl groups is 1. The quantitative estimate of drug-likeness (QED) is 0.292. The van der Waals surface area contributed by atoms with E-state index in [1.54, 1.807) is 0 Å². The first kappa shape index (κ1) is 23.2. The Kier molecular flexibility index (Phi) is 11.5. The number of hydrogen-bond donors (Lipinski definition) is 3. The van der Waals surface area contributed by atoms with Crippen molar-refractivity contribution >= 4 is 35.6 Å². The van der Waals surface area contributed by atoms with E-state index in [0.29, 0.717) is 6.54 Å². The lowest BCUT2D eigenvalue weighted by Crippen LogP contribution is -2.41. The van der Waals surface area contributed by atoms with Gasteiger partial charge < -0.3 is 20.6 Å². The second-order valence-corrected chi connectivity index (χ2v) is 6.19. The molecule has 0 amide bonds. The number of halogens is 1. The number of guanidine groups is 1. The highest BCUT2D eigenvalue weighted by molar-refractivity contribution is 14.0. The molecule has 0 saturated heterocycles. The summed E-state index contributed by atoms with van der Waals surface area (Å²) in [5, 5.41) is 16.3. The van der Waals surface area contributed by atoms with Crippen LogP contribution in [0, 0.1) is 0 Å². The number of benzene rings is 2. The summed E-state index contributed by atoms with van der Waals surface area (Å²) in [6.45, 7) is 5.14. The van der Waals surface area contributed by atoms with Crippen molar-refractivity contribution in [3.05, 3.63) is 66.2 Å². The predicted octanol–water partition coefficient (Wildman–Crippen LogP) is 3.07. The minimum atomic E-state index is 0. The Balaban J connectivity index is 0.00000364. The molecule has 1 unspecified atom stereocenters. The van der Waals surface area contributed by atoms with Gasteiger partial charge in [-0.2, -0.15) is 0 Å². The average molecular weight is 482 g/mol. The summed E-state index contributed by atoms with van der Waals surface area (Å²) in [6.07, 6.45) is 0. The van der Waals surface area contributed by atoms with Crippen LogP contribution in [0.15, 0.2) is 65.7 Å². The summed E-state index contributed by atoms with van der Waals surface area (Å²) in [4.78, 5) is 6.85. The molecule has 148 valence electrons. The van der Waals surface area contributed by atoms with Crippen molar-refractivity contribution in [1.29, 1.82) is 0 Å². The Morgan fingerprint density at radius 1 is 1.04 bits per heavy atom. The zero-order valence-electron chi connectivity index (χ0n) is 16.1. The fourth-order valence-electron chi connectivity index (χ4n) is 2.69. The number of rotatable bonds is 9. The summed E-state index contributed by atoms with van der Waals surface area (Å²) in [6, 6.07) is 20.3. The van der Waals surface area contributed by atoms with Gasteiger partial charge in [-0.3, -0.25) is 4.99 Å². The summed E-state index contributed by atoms with van der Waals surface area (Å²) < 4.78 is 0. The number of aliphatic imine (C=N–C) groups is 1. The average Bonchev–Trinajstić information content (AvgIpc) is 2.69. The Morgan fingerprint density at radius 2 is 1.67 bits per heavy atom. The van der Waals surface area contributed by atoms with Crippen molar-refractivity contribution in [2.45, 2.75) is 12.8 Å². The van der Waals surface area contributed by atoms with E-state index in [1.165, 1.54) is 5.69 Å². The standard InChI is InChI=1S/C21H30N4O.HI/c1-3-22-21(23-14-15-25(2)20-12-8-5-9-13-20)24-16-19(17-26)18-10-6-4-7-11-18;/h4-13,19,26H,3,14-17H2,1-2H3,(H2,22,23,24);1H. The molecule has 0 radical (unpaired) electrons. The summed E-state index contributed by atoms with van der Waals surface area (Å²) in [7, 11) is 2.08. The van der Waals surface area contributed by atoms with Gasteiger partial charge in [0.05, 0.1) is 13.2 Å². The number of aliphatic hydroxyl groups excluding tert-OH is 1. The van der Waals surface area contributed by atoms with E-state index in [9.17, 15) is 5.11 Å². The van der Waals surface area contributed by atoms with Crippen LogP contribution in [-0.2, 0) is 0 Å². The summed E-state index contributed by atoms with van der Waals surface area (Å²) >= 11 is 0. The molecule has 0 bridgehead atoms. The number of likely N-dealkylation sites (N-methyl/N-ethyl adjacent to an activating group) is 1. The number of anilines is 1. The second kappa shape index (κ2) is 13.4. The number of nitrogens with zero attached hydrogens (tertiary/aromatic N) is 2. The van der Waals surface area contributed by atoms with Gasteiger partial charge in [0.15, 0.2) is 5.96 Å². The van der Waals surface area contributed by atoms with Gasteiger partial charge in [0.2, 0.25) is 0 Å². The third-order valence-electron chi connectivity index (χ3n) is 4.24. The molecule has 1 atom stereocenters. The number of hydrogen-bond acceptors (Lipinski definition) is 3. The Bertz CT molecular complexity index is 652. The first-order valence-electron chi connectivity index (χ1n) is 9.18. The van der Waals surface area contributed by atoms with Crippen molar-refractivity contribution in [2.24, 2.45) is 4.99 Å². The molecule has 0 fully saturated rings. The third-order valence-corrected chi connectivity index (χ3v) is 4.24. The molecule has 0 aliphatic rings. The molecular formula is C21H31IN4O. The Hall–Kier alpha value is -1.80. The van der Waals surface area contributed by atoms with Crippen LogP contribution < -0.4 is 15.5 Å². The van der Waals surface area contributed by atoms with Gasteiger partial charge in [-0.25, -0.2) is 0 Å². The van der Waals surface area contributed by atoms with Crippen molar-refractivity contribution in [2.75, 3.05) is 44.7 Å². The van der Waals surface area contributed by atoms with Crippen LogP contribution in [-0.4, -0.2) is 50.9 Å². The molecule has 5 nitrogen and oxygen atoms in total. The van der Waals surface area contributed by atoms with Gasteiger partial charge in [-0.15, -0.1) is 24.0 Å². The van der Waals surface area contributed by atoms with Gasteiger partial charge in [-0.1, -0.05) is 48.5 Å². The van der Waals surface area contributed by atoms with Gasteiger partial charge in [-0.05, 0) is 24.6 Å². The molecule has 6 heteroatoms. The molecule has 3 N–H and O–H groups in total. The van der Waals surface area contributed by atoms with Crippen LogP contribution in [0.3, 0.4) is 0 Å². The maximum atomic E-state index is 9.68. The molecule has 27 heavy (non-hydrogen) atoms. The number of para-hydroxylation sites is 1. The monoisotopic (exact) mass is 482 g/mol. The molecule has 2 aromatic carbocycles. The fourth-order valence-corrected chi connectivity index (χ4v) is 2.69. The van der Waals surface area contributed by atoms with E-state index in [2.05, 4.69) is 39.7 Å². The lowest BCUT2D eigenvalue weighted by Gasteiger charge is -2.20. The van der Waals surface area contributed by atoms with E-state index in [1.807, 2.05) is 55.5 Å². The summed E-state index contributed by atoms with van der Waals surface area (Å²) in [5.41, 5.74) is 2.30. The van der Waals surface area contributed by atoms with Crippen molar-refractivity contribution in [3.8, 4) is 0 Å². The lowest BCUT2D eigenvalue weighted by atomic mass is 10.0. The predicted molar refractivity (Wildman–Crippen MR) is 125 cm³/mol. The van der Waals surface area contributed by atoms with Crippen molar-refractivity contribution in [1.82, 2.24) is 10.6 Å². The fraction of sp³-hybridized carbons (Fsp3) is 0.381. The first-order valence-corrected chi connectivity index (χ1v) is 9.18. The molecule has 2 aromatic rings. The molecule has 2 rings (SSSR count). The highest BCUT2D eigenvalue weighted by Crippen LogP contribution is 2.15. The van der Waals surface area contributed by atoms with Crippen LogP contribution in [0.5, 0.6) is 0 Å². The molecule has 0 aliphatic carbocycles. The van der Waals surface area contributed by atoms with Gasteiger partial charge in [0.25, 0.3) is 0 Å². The Morgan fingerprint density at radius 3 is 2.26 bits per heavy atom. The minimum absolute atomic E-state index is 0. The molecule has 0 saturated carbocycles. The molecular weight excluding hydrogens is 451 g/mol. The third kappa shape index (κ3) is 8.17. The smallest absolute Gasteiger partial charge is 0.191 e. The van der Waals surface area contributed by atoms with Crippen LogP contribution in [0.1, 0.15) is 18.4 Å². The van der Waals surface area contributed by atoms with Crippen LogP contribution in [0.2, 0.25) is 0 Å². The molecule has 0 spiro atoms. The van der Waals surface area contributed by atoms with Crippen molar-refractivity contribution < 1.29 is 5.11 Å². The molecule has 0 aliphatic heterocycles. The van der Waals surface area contributed by atoms with Crippen LogP contribution in [0.4, 0.5) is 5.69 Å². The number of nitrogens with one attached hydrogen (secondary N) is 2. The van der Waals surface area contributed by atoms with Crippen molar-refractivity contribution in [3.63, 3.8) is 0 Å². The zero-order valence-corrected chi connectivity index (χ0v) is 18.5. The highest BCUT2D eigenvalue weighted by atomic mass is 127. The van der Waals surface area contributed by atoms with Gasteiger partial charge in [0.1, 0.15) is 0 Å². The van der Waals surface area contributed by atoms with E-state index in [4.69, 9.17) is 0 Å². The van der Waals surface area contributed by atoms with Crippen LogP contribution >= 0.6 is 24.0 Å². The maximum Gasteiger partial charge on any atom is 0.191 e. The Labute approximate surface area is 179 Å². The van der Waals surface area contributed by atoms with E-state index >= 15 is 0 Å². The van der Waals surface area contributed by atoms with E-state index < -0.39 is 0 Å². The second-order valence-electron chi connectivity index (χ2n) is 6.19. The first-order chi connectivity index (χ1) is 12.7. The van der Waals surface area contributed by atoms with E-state index in [0.717, 1.165) is 31.2 Å². The molecule has 0 heterocycles. The van der Waals surface area contributed by atoms with Gasteiger partial charge in [0, 0.05) is 38.3 Å². The van der Waals surface area contributed by atoms with Crippen LogP contribution in [0.25, 0.3) is 0 Å². The normalized spacial score (nSPS) is 12.0. The lowest BCUT2D eigenvalue weighted by molar-refractivity contribution is 0.268. The zero-order chi connectivity index (χ0) is 18.6. The van der Waals surface area contributed by atoms with Gasteiger partial charge >= 0.3 is 0 Å². The SMILES string of the molecule is CCNC(=NCC(CO)c1ccccc1)NCCN(C)c1ccccc1.I. The highest BCUT2D eigenvalue weighted by Gasteiger charge is 2.10. The van der Waals surface area contributed by atoms with E-state index in [-0.39, 0.29) is 36.5 Å².